The highest BCUT2D eigenvalue weighted by Gasteiger charge is 2.01. The quantitative estimate of drug-likeness (QED) is 0.668. The highest BCUT2D eigenvalue weighted by molar-refractivity contribution is 7.71. The molecule has 14 heavy (non-hydrogen) atoms. The fraction of sp³-hybridized carbons (Fsp3) is 0.200. The topological polar surface area (TPSA) is 37.8 Å². The van der Waals surface area contributed by atoms with Crippen LogP contribution < -0.4 is 5.56 Å². The summed E-state index contributed by atoms with van der Waals surface area (Å²) in [6.07, 6.45) is 0. The Morgan fingerprint density at radius 3 is 2.86 bits per heavy atom. The molecule has 1 aromatic heterocycles. The van der Waals surface area contributed by atoms with Gasteiger partial charge in [-0.05, 0) is 31.3 Å². The van der Waals surface area contributed by atoms with Crippen molar-refractivity contribution in [2.24, 2.45) is 7.05 Å². The molecule has 4 heteroatoms. The molecule has 0 amide bonds. The Labute approximate surface area is 86.0 Å². The van der Waals surface area contributed by atoms with E-state index in [0.717, 1.165) is 11.1 Å². The van der Waals surface area contributed by atoms with E-state index in [1.807, 2.05) is 25.1 Å². The lowest BCUT2D eigenvalue weighted by Gasteiger charge is -2.02. The van der Waals surface area contributed by atoms with Gasteiger partial charge in [-0.2, -0.15) is 0 Å². The molecule has 1 N–H and O–H groups in total. The van der Waals surface area contributed by atoms with Gasteiger partial charge in [0.2, 0.25) is 0 Å². The fourth-order valence-corrected chi connectivity index (χ4v) is 1.61. The van der Waals surface area contributed by atoms with Gasteiger partial charge < -0.3 is 4.98 Å². The largest absolute Gasteiger partial charge is 0.332 e. The summed E-state index contributed by atoms with van der Waals surface area (Å²) in [5.74, 6) is 0. The fourth-order valence-electron chi connectivity index (χ4n) is 1.42. The third-order valence-corrected chi connectivity index (χ3v) is 2.63. The first kappa shape index (κ1) is 9.15. The van der Waals surface area contributed by atoms with Crippen LogP contribution in [0.5, 0.6) is 0 Å². The van der Waals surface area contributed by atoms with Crippen molar-refractivity contribution in [1.29, 1.82) is 0 Å². The van der Waals surface area contributed by atoms with Crippen LogP contribution in [0.3, 0.4) is 0 Å². The molecule has 0 saturated carbocycles. The number of hydrogen-bond acceptors (Lipinski definition) is 2. The molecule has 0 spiro atoms. The van der Waals surface area contributed by atoms with Gasteiger partial charge in [0.25, 0.3) is 5.56 Å². The molecule has 0 saturated heterocycles. The Kier molecular flexibility index (Phi) is 2.00. The number of H-pyrrole nitrogens is 1. The molecule has 0 aliphatic rings. The molecule has 0 aliphatic heterocycles. The first-order chi connectivity index (χ1) is 6.59. The Bertz CT molecular complexity index is 610. The normalized spacial score (nSPS) is 10.7. The predicted molar refractivity (Wildman–Crippen MR) is 59.1 cm³/mol. The van der Waals surface area contributed by atoms with Gasteiger partial charge in [-0.1, -0.05) is 11.6 Å². The van der Waals surface area contributed by atoms with Crippen LogP contribution in [-0.2, 0) is 7.05 Å². The number of aryl methyl sites for hydroxylation is 1. The van der Waals surface area contributed by atoms with Gasteiger partial charge in [-0.15, -0.1) is 0 Å². The number of nitrogens with one attached hydrogen (secondary N) is 1. The molecule has 0 radical (unpaired) electrons. The van der Waals surface area contributed by atoms with E-state index in [-0.39, 0.29) is 5.56 Å². The zero-order chi connectivity index (χ0) is 10.3. The smallest absolute Gasteiger partial charge is 0.261 e. The lowest BCUT2D eigenvalue weighted by molar-refractivity contribution is 0.824. The average Bonchev–Trinajstić information content (AvgIpc) is 2.16. The van der Waals surface area contributed by atoms with Crippen molar-refractivity contribution in [1.82, 2.24) is 9.55 Å². The van der Waals surface area contributed by atoms with Gasteiger partial charge in [0.1, 0.15) is 0 Å². The second kappa shape index (κ2) is 3.06. The third-order valence-electron chi connectivity index (χ3n) is 2.26. The summed E-state index contributed by atoms with van der Waals surface area (Å²) in [6.45, 7) is 1.96. The molecule has 72 valence electrons. The molecule has 3 nitrogen and oxygen atoms in total. The summed E-state index contributed by atoms with van der Waals surface area (Å²) in [7, 11) is 1.67. The molecular weight excluding hydrogens is 196 g/mol. The predicted octanol–water partition coefficient (Wildman–Crippen LogP) is 1.90. The van der Waals surface area contributed by atoms with Crippen molar-refractivity contribution in [3.63, 3.8) is 0 Å². The first-order valence-corrected chi connectivity index (χ1v) is 4.70. The minimum atomic E-state index is -0.0487. The molecule has 0 bridgehead atoms. The van der Waals surface area contributed by atoms with Gasteiger partial charge in [-0.25, -0.2) is 0 Å². The molecule has 0 atom stereocenters. The van der Waals surface area contributed by atoms with Crippen molar-refractivity contribution in [2.45, 2.75) is 6.92 Å². The van der Waals surface area contributed by atoms with Crippen LogP contribution in [-0.4, -0.2) is 9.55 Å². The number of benzene rings is 1. The van der Waals surface area contributed by atoms with Crippen LogP contribution in [0.2, 0.25) is 0 Å². The summed E-state index contributed by atoms with van der Waals surface area (Å²) in [4.78, 5) is 14.8. The molecule has 2 aromatic rings. The van der Waals surface area contributed by atoms with Crippen molar-refractivity contribution in [3.8, 4) is 0 Å². The maximum Gasteiger partial charge on any atom is 0.261 e. The van der Waals surface area contributed by atoms with E-state index >= 15 is 0 Å². The highest BCUT2D eigenvalue weighted by atomic mass is 32.1. The standard InChI is InChI=1S/C10H10N2OS/c1-6-3-4-8-7(5-6)9(13)12(2)10(14)11-8/h3-5H,1-2H3,(H,11,14). The summed E-state index contributed by atoms with van der Waals surface area (Å²) in [6, 6.07) is 5.69. The molecule has 0 aliphatic carbocycles. The van der Waals surface area contributed by atoms with Gasteiger partial charge in [0.05, 0.1) is 10.9 Å². The average molecular weight is 206 g/mol. The van der Waals surface area contributed by atoms with E-state index in [1.165, 1.54) is 4.57 Å². The van der Waals surface area contributed by atoms with Crippen LogP contribution in [0.25, 0.3) is 10.9 Å². The van der Waals surface area contributed by atoms with E-state index in [1.54, 1.807) is 7.05 Å². The zero-order valence-electron chi connectivity index (χ0n) is 8.00. The van der Waals surface area contributed by atoms with E-state index in [4.69, 9.17) is 12.2 Å². The maximum absolute atomic E-state index is 11.8. The van der Waals surface area contributed by atoms with Crippen molar-refractivity contribution in [2.75, 3.05) is 0 Å². The molecule has 2 rings (SSSR count). The van der Waals surface area contributed by atoms with Crippen LogP contribution in [0.4, 0.5) is 0 Å². The number of nitrogens with zero attached hydrogens (tertiary/aromatic N) is 1. The van der Waals surface area contributed by atoms with Crippen LogP contribution >= 0.6 is 12.2 Å². The molecule has 1 heterocycles. The molecule has 0 fully saturated rings. The minimum absolute atomic E-state index is 0.0487. The SMILES string of the molecule is Cc1ccc2[nH]c(=S)n(C)c(=O)c2c1. The highest BCUT2D eigenvalue weighted by Crippen LogP contribution is 2.08. The van der Waals surface area contributed by atoms with E-state index in [2.05, 4.69) is 4.98 Å². The maximum atomic E-state index is 11.8. The summed E-state index contributed by atoms with van der Waals surface area (Å²) >= 11 is 5.01. The summed E-state index contributed by atoms with van der Waals surface area (Å²) in [5, 5.41) is 0.682. The van der Waals surface area contributed by atoms with E-state index in [0.29, 0.717) is 10.2 Å². The number of aromatic amines is 1. The zero-order valence-corrected chi connectivity index (χ0v) is 8.81. The van der Waals surface area contributed by atoms with Gasteiger partial charge in [0, 0.05) is 7.05 Å². The number of aromatic nitrogens is 2. The number of fused-ring (bicyclic) bond motifs is 1. The lowest BCUT2D eigenvalue weighted by Crippen LogP contribution is -2.18. The van der Waals surface area contributed by atoms with E-state index < -0.39 is 0 Å². The van der Waals surface area contributed by atoms with E-state index in [9.17, 15) is 4.79 Å². The Morgan fingerprint density at radius 1 is 1.43 bits per heavy atom. The Balaban J connectivity index is 3.07. The van der Waals surface area contributed by atoms with Gasteiger partial charge in [-0.3, -0.25) is 9.36 Å². The number of rotatable bonds is 0. The lowest BCUT2D eigenvalue weighted by atomic mass is 10.2. The summed E-state index contributed by atoms with van der Waals surface area (Å²) in [5.41, 5.74) is 1.82. The second-order valence-corrected chi connectivity index (χ2v) is 3.73. The molecule has 0 unspecified atom stereocenters. The van der Waals surface area contributed by atoms with Crippen molar-refractivity contribution >= 4 is 23.1 Å². The van der Waals surface area contributed by atoms with Crippen molar-refractivity contribution < 1.29 is 0 Å². The van der Waals surface area contributed by atoms with Crippen LogP contribution in [0.15, 0.2) is 23.0 Å². The first-order valence-electron chi connectivity index (χ1n) is 4.29. The molecule has 1 aromatic carbocycles. The van der Waals surface area contributed by atoms with Crippen LogP contribution in [0.1, 0.15) is 5.56 Å². The summed E-state index contributed by atoms with van der Waals surface area (Å²) < 4.78 is 1.89. The van der Waals surface area contributed by atoms with Crippen molar-refractivity contribution in [3.05, 3.63) is 38.9 Å². The van der Waals surface area contributed by atoms with Crippen LogP contribution in [0, 0.1) is 11.7 Å². The third kappa shape index (κ3) is 1.28. The minimum Gasteiger partial charge on any atom is -0.332 e. The van der Waals surface area contributed by atoms with Gasteiger partial charge in [0.15, 0.2) is 4.77 Å². The Hall–Kier alpha value is -1.42. The second-order valence-electron chi connectivity index (χ2n) is 3.34. The molecular formula is C10H10N2OS. The monoisotopic (exact) mass is 206 g/mol. The number of hydrogen-bond donors (Lipinski definition) is 1. The Morgan fingerprint density at radius 2 is 2.14 bits per heavy atom. The van der Waals surface area contributed by atoms with Gasteiger partial charge >= 0.3 is 0 Å².